The monoisotopic (exact) mass is 321 g/mol. The maximum Gasteiger partial charge on any atom is 0.246 e. The summed E-state index contributed by atoms with van der Waals surface area (Å²) in [5, 5.41) is 9.89. The number of hydrogen-bond donors (Lipinski definition) is 0. The third-order valence-electron chi connectivity index (χ3n) is 3.84. The molecule has 1 heterocycles. The molecule has 0 saturated carbocycles. The maximum atomic E-state index is 12.3. The summed E-state index contributed by atoms with van der Waals surface area (Å²) in [7, 11) is 0. The first-order valence-corrected chi connectivity index (χ1v) is 8.13. The van der Waals surface area contributed by atoms with Crippen LogP contribution in [0.1, 0.15) is 25.8 Å². The molecule has 0 aliphatic rings. The smallest absolute Gasteiger partial charge is 0.246 e. The molecule has 0 bridgehead atoms. The van der Waals surface area contributed by atoms with Crippen molar-refractivity contribution in [2.24, 2.45) is 0 Å². The molecular formula is C20H23N3O. The Balaban J connectivity index is 2.27. The lowest BCUT2D eigenvalue weighted by Crippen LogP contribution is -2.30. The van der Waals surface area contributed by atoms with E-state index in [9.17, 15) is 4.79 Å². The van der Waals surface area contributed by atoms with Gasteiger partial charge in [0.05, 0.1) is 12.5 Å². The van der Waals surface area contributed by atoms with Gasteiger partial charge in [0, 0.05) is 48.4 Å². The predicted molar refractivity (Wildman–Crippen MR) is 98.3 cm³/mol. The molecule has 124 valence electrons. The number of fused-ring (bicyclic) bond motifs is 1. The van der Waals surface area contributed by atoms with Gasteiger partial charge in [-0.15, -0.1) is 0 Å². The second-order valence-electron chi connectivity index (χ2n) is 5.85. The van der Waals surface area contributed by atoms with Gasteiger partial charge in [-0.2, -0.15) is 5.26 Å². The zero-order valence-corrected chi connectivity index (χ0v) is 14.3. The van der Waals surface area contributed by atoms with E-state index in [2.05, 4.69) is 17.2 Å². The van der Waals surface area contributed by atoms with Crippen molar-refractivity contribution in [3.05, 3.63) is 54.3 Å². The SMILES string of the molecule is C=C(C)CN(CC)C(=O)C=Cc1cn(CCC#N)c2ccccc12. The Hall–Kier alpha value is -2.80. The second kappa shape index (κ2) is 8.16. The summed E-state index contributed by atoms with van der Waals surface area (Å²) < 4.78 is 2.06. The van der Waals surface area contributed by atoms with Crippen LogP contribution < -0.4 is 0 Å². The second-order valence-corrected chi connectivity index (χ2v) is 5.85. The van der Waals surface area contributed by atoms with Gasteiger partial charge in [-0.3, -0.25) is 4.79 Å². The van der Waals surface area contributed by atoms with Crippen molar-refractivity contribution in [3.63, 3.8) is 0 Å². The largest absolute Gasteiger partial charge is 0.346 e. The summed E-state index contributed by atoms with van der Waals surface area (Å²) in [4.78, 5) is 14.1. The summed E-state index contributed by atoms with van der Waals surface area (Å²) in [6, 6.07) is 10.2. The molecule has 2 aromatic rings. The molecule has 1 aromatic heterocycles. The van der Waals surface area contributed by atoms with Crippen LogP contribution in [0.15, 0.2) is 48.7 Å². The number of carbonyl (C=O) groups excluding carboxylic acids is 1. The van der Waals surface area contributed by atoms with Gasteiger partial charge in [-0.05, 0) is 26.0 Å². The Labute approximate surface area is 143 Å². The number of hydrogen-bond acceptors (Lipinski definition) is 2. The first-order valence-electron chi connectivity index (χ1n) is 8.13. The van der Waals surface area contributed by atoms with Gasteiger partial charge in [0.15, 0.2) is 0 Å². The van der Waals surface area contributed by atoms with Gasteiger partial charge in [0.25, 0.3) is 0 Å². The molecule has 0 aliphatic carbocycles. The fourth-order valence-electron chi connectivity index (χ4n) is 2.70. The molecular weight excluding hydrogens is 298 g/mol. The first-order chi connectivity index (χ1) is 11.6. The molecule has 0 fully saturated rings. The van der Waals surface area contributed by atoms with Crippen LogP contribution in [0.4, 0.5) is 0 Å². The van der Waals surface area contributed by atoms with Crippen LogP contribution in [-0.2, 0) is 11.3 Å². The third kappa shape index (κ3) is 4.14. The van der Waals surface area contributed by atoms with Crippen molar-refractivity contribution < 1.29 is 4.79 Å². The van der Waals surface area contributed by atoms with E-state index in [0.717, 1.165) is 22.0 Å². The fraction of sp³-hybridized carbons (Fsp3) is 0.300. The van der Waals surface area contributed by atoms with Crippen molar-refractivity contribution in [1.82, 2.24) is 9.47 Å². The number of aromatic nitrogens is 1. The Morgan fingerprint density at radius 3 is 2.83 bits per heavy atom. The summed E-state index contributed by atoms with van der Waals surface area (Å²) in [6.07, 6.45) is 5.93. The van der Waals surface area contributed by atoms with Crippen LogP contribution >= 0.6 is 0 Å². The number of nitrogens with zero attached hydrogens (tertiary/aromatic N) is 3. The van der Waals surface area contributed by atoms with Crippen molar-refractivity contribution >= 4 is 22.9 Å². The Morgan fingerprint density at radius 1 is 1.42 bits per heavy atom. The van der Waals surface area contributed by atoms with Crippen molar-refractivity contribution in [3.8, 4) is 6.07 Å². The molecule has 1 aromatic carbocycles. The van der Waals surface area contributed by atoms with E-state index in [1.54, 1.807) is 11.0 Å². The van der Waals surface area contributed by atoms with Crippen LogP contribution in [0.25, 0.3) is 17.0 Å². The standard InChI is InChI=1S/C20H23N3O/c1-4-22(14-16(2)3)20(24)11-10-17-15-23(13-7-12-21)19-9-6-5-8-18(17)19/h5-6,8-11,15H,2,4,7,13-14H2,1,3H3. The highest BCUT2D eigenvalue weighted by atomic mass is 16.2. The number of para-hydroxylation sites is 1. The lowest BCUT2D eigenvalue weighted by molar-refractivity contribution is -0.125. The van der Waals surface area contributed by atoms with Crippen molar-refractivity contribution in [1.29, 1.82) is 5.26 Å². The number of likely N-dealkylation sites (N-methyl/N-ethyl adjacent to an activating group) is 1. The van der Waals surface area contributed by atoms with E-state index in [1.807, 2.05) is 50.4 Å². The van der Waals surface area contributed by atoms with E-state index in [-0.39, 0.29) is 5.91 Å². The van der Waals surface area contributed by atoms with Gasteiger partial charge >= 0.3 is 0 Å². The average Bonchev–Trinajstić information content (AvgIpc) is 2.93. The average molecular weight is 321 g/mol. The molecule has 0 saturated heterocycles. The quantitative estimate of drug-likeness (QED) is 0.572. The normalized spacial score (nSPS) is 10.9. The van der Waals surface area contributed by atoms with Crippen LogP contribution in [-0.4, -0.2) is 28.5 Å². The minimum absolute atomic E-state index is 0.0191. The molecule has 24 heavy (non-hydrogen) atoms. The van der Waals surface area contributed by atoms with Gasteiger partial charge in [0.1, 0.15) is 0 Å². The van der Waals surface area contributed by atoms with Crippen LogP contribution in [0, 0.1) is 11.3 Å². The maximum absolute atomic E-state index is 12.3. The van der Waals surface area contributed by atoms with Gasteiger partial charge in [-0.25, -0.2) is 0 Å². The Bertz CT molecular complexity index is 808. The van der Waals surface area contributed by atoms with Gasteiger partial charge in [-0.1, -0.05) is 30.4 Å². The first kappa shape index (κ1) is 17.6. The topological polar surface area (TPSA) is 49.0 Å². The van der Waals surface area contributed by atoms with Gasteiger partial charge < -0.3 is 9.47 Å². The highest BCUT2D eigenvalue weighted by Gasteiger charge is 2.09. The highest BCUT2D eigenvalue weighted by Crippen LogP contribution is 2.23. The Morgan fingerprint density at radius 2 is 2.17 bits per heavy atom. The van der Waals surface area contributed by atoms with Crippen LogP contribution in [0.3, 0.4) is 0 Å². The van der Waals surface area contributed by atoms with Crippen LogP contribution in [0.5, 0.6) is 0 Å². The zero-order chi connectivity index (χ0) is 17.5. The third-order valence-corrected chi connectivity index (χ3v) is 3.84. The minimum Gasteiger partial charge on any atom is -0.346 e. The molecule has 2 rings (SSSR count). The van der Waals surface area contributed by atoms with E-state index in [4.69, 9.17) is 5.26 Å². The Kier molecular flexibility index (Phi) is 5.97. The lowest BCUT2D eigenvalue weighted by atomic mass is 10.1. The van der Waals surface area contributed by atoms with Crippen LogP contribution in [0.2, 0.25) is 0 Å². The molecule has 0 radical (unpaired) electrons. The molecule has 1 amide bonds. The van der Waals surface area contributed by atoms with E-state index in [0.29, 0.717) is 26.1 Å². The molecule has 4 nitrogen and oxygen atoms in total. The molecule has 0 atom stereocenters. The fourth-order valence-corrected chi connectivity index (χ4v) is 2.70. The molecule has 0 N–H and O–H groups in total. The highest BCUT2D eigenvalue weighted by molar-refractivity contribution is 5.96. The molecule has 4 heteroatoms. The molecule has 0 spiro atoms. The summed E-state index contributed by atoms with van der Waals surface area (Å²) in [6.45, 7) is 9.62. The number of amides is 1. The number of benzene rings is 1. The number of aryl methyl sites for hydroxylation is 1. The minimum atomic E-state index is -0.0191. The van der Waals surface area contributed by atoms with E-state index < -0.39 is 0 Å². The number of carbonyl (C=O) groups is 1. The summed E-state index contributed by atoms with van der Waals surface area (Å²) >= 11 is 0. The molecule has 0 unspecified atom stereocenters. The predicted octanol–water partition coefficient (Wildman–Crippen LogP) is 3.99. The number of rotatable bonds is 7. The van der Waals surface area contributed by atoms with Gasteiger partial charge in [0.2, 0.25) is 5.91 Å². The van der Waals surface area contributed by atoms with Crippen molar-refractivity contribution in [2.45, 2.75) is 26.8 Å². The summed E-state index contributed by atoms with van der Waals surface area (Å²) in [5.74, 6) is -0.0191. The van der Waals surface area contributed by atoms with E-state index >= 15 is 0 Å². The van der Waals surface area contributed by atoms with Crippen molar-refractivity contribution in [2.75, 3.05) is 13.1 Å². The van der Waals surface area contributed by atoms with E-state index in [1.165, 1.54) is 0 Å². The lowest BCUT2D eigenvalue weighted by Gasteiger charge is -2.18. The summed E-state index contributed by atoms with van der Waals surface area (Å²) in [5.41, 5.74) is 3.03. The molecule has 0 aliphatic heterocycles. The number of nitriles is 1. The zero-order valence-electron chi connectivity index (χ0n) is 14.3.